The van der Waals surface area contributed by atoms with Crippen molar-refractivity contribution in [1.82, 2.24) is 4.98 Å². The number of ether oxygens (including phenoxy) is 1. The van der Waals surface area contributed by atoms with Crippen LogP contribution in [0.15, 0.2) is 35.6 Å². The maximum absolute atomic E-state index is 8.86. The number of hydrogen-bond donors (Lipinski definition) is 2. The van der Waals surface area contributed by atoms with E-state index in [1.165, 1.54) is 0 Å². The summed E-state index contributed by atoms with van der Waals surface area (Å²) in [5.74, 6) is 0.604. The summed E-state index contributed by atoms with van der Waals surface area (Å²) in [5.41, 5.74) is 7.00. The fourth-order valence-electron chi connectivity index (χ4n) is 1.76. The van der Waals surface area contributed by atoms with Gasteiger partial charge in [-0.25, -0.2) is 0 Å². The van der Waals surface area contributed by atoms with E-state index in [1.54, 1.807) is 6.20 Å². The van der Waals surface area contributed by atoms with Crippen LogP contribution in [0.1, 0.15) is 25.8 Å². The van der Waals surface area contributed by atoms with Crippen LogP contribution in [0.25, 0.3) is 10.9 Å². The zero-order valence-corrected chi connectivity index (χ0v) is 11.0. The van der Waals surface area contributed by atoms with Crippen molar-refractivity contribution in [3.63, 3.8) is 0 Å². The van der Waals surface area contributed by atoms with Gasteiger partial charge in [-0.1, -0.05) is 24.2 Å². The lowest BCUT2D eigenvalue weighted by atomic mass is 10.1. The van der Waals surface area contributed by atoms with Crippen LogP contribution in [0.2, 0.25) is 0 Å². The van der Waals surface area contributed by atoms with E-state index in [0.717, 1.165) is 17.3 Å². The molecule has 19 heavy (non-hydrogen) atoms. The first-order valence-corrected chi connectivity index (χ1v) is 6.19. The number of rotatable bonds is 4. The lowest BCUT2D eigenvalue weighted by molar-refractivity contribution is 0.219. The van der Waals surface area contributed by atoms with E-state index in [2.05, 4.69) is 10.1 Å². The molecule has 0 spiro atoms. The third-order valence-electron chi connectivity index (χ3n) is 3.00. The quantitative estimate of drug-likeness (QED) is 0.382. The first kappa shape index (κ1) is 13.1. The Hall–Kier alpha value is -2.30. The van der Waals surface area contributed by atoms with Gasteiger partial charge < -0.3 is 15.7 Å². The maximum Gasteiger partial charge on any atom is 0.175 e. The number of nitrogens with two attached hydrogens (primary N) is 1. The maximum atomic E-state index is 8.86. The van der Waals surface area contributed by atoms with Crippen LogP contribution in [-0.4, -0.2) is 22.1 Å². The molecular formula is C14H17N3O2. The monoisotopic (exact) mass is 259 g/mol. The molecule has 2 rings (SSSR count). The Balaban J connectivity index is 2.64. The molecule has 5 nitrogen and oxygen atoms in total. The average Bonchev–Trinajstić information content (AvgIpc) is 2.46. The van der Waals surface area contributed by atoms with Crippen LogP contribution < -0.4 is 10.5 Å². The Morgan fingerprint density at radius 2 is 2.21 bits per heavy atom. The predicted octanol–water partition coefficient (Wildman–Crippen LogP) is 2.51. The van der Waals surface area contributed by atoms with Crippen LogP contribution in [0.4, 0.5) is 0 Å². The SMILES string of the molecule is CCC(C)Oc1c(/C(N)=N/O)cnc2ccccc12. The second-order valence-corrected chi connectivity index (χ2v) is 4.34. The van der Waals surface area contributed by atoms with Gasteiger partial charge in [-0.2, -0.15) is 0 Å². The van der Waals surface area contributed by atoms with Crippen molar-refractivity contribution < 1.29 is 9.94 Å². The van der Waals surface area contributed by atoms with E-state index in [-0.39, 0.29) is 11.9 Å². The third kappa shape index (κ3) is 2.59. The van der Waals surface area contributed by atoms with E-state index in [9.17, 15) is 0 Å². The standard InChI is InChI=1S/C14H17N3O2/c1-3-9(2)19-13-10-6-4-5-7-12(10)16-8-11(13)14(15)17-18/h4-9,18H,3H2,1-2H3,(H2,15,17). The molecule has 5 heteroatoms. The number of oxime groups is 1. The molecule has 1 heterocycles. The van der Waals surface area contributed by atoms with Gasteiger partial charge in [0.1, 0.15) is 5.75 Å². The number of nitrogens with zero attached hydrogens (tertiary/aromatic N) is 2. The lowest BCUT2D eigenvalue weighted by Gasteiger charge is -2.17. The summed E-state index contributed by atoms with van der Waals surface area (Å²) < 4.78 is 5.92. The van der Waals surface area contributed by atoms with Crippen molar-refractivity contribution in [2.45, 2.75) is 26.4 Å². The molecule has 0 aliphatic rings. The van der Waals surface area contributed by atoms with E-state index in [4.69, 9.17) is 15.7 Å². The molecule has 0 amide bonds. The smallest absolute Gasteiger partial charge is 0.175 e. The van der Waals surface area contributed by atoms with Crippen LogP contribution in [0.3, 0.4) is 0 Å². The van der Waals surface area contributed by atoms with E-state index in [0.29, 0.717) is 11.3 Å². The fourth-order valence-corrected chi connectivity index (χ4v) is 1.76. The molecule has 100 valence electrons. The number of benzene rings is 1. The Morgan fingerprint density at radius 3 is 2.89 bits per heavy atom. The minimum absolute atomic E-state index is 0.00319. The summed E-state index contributed by atoms with van der Waals surface area (Å²) in [5, 5.41) is 12.7. The summed E-state index contributed by atoms with van der Waals surface area (Å²) >= 11 is 0. The number of hydrogen-bond acceptors (Lipinski definition) is 4. The van der Waals surface area contributed by atoms with Crippen molar-refractivity contribution in [2.24, 2.45) is 10.9 Å². The van der Waals surface area contributed by atoms with E-state index >= 15 is 0 Å². The first-order valence-electron chi connectivity index (χ1n) is 6.19. The minimum Gasteiger partial charge on any atom is -0.489 e. The molecule has 0 radical (unpaired) electrons. The summed E-state index contributed by atoms with van der Waals surface area (Å²) in [7, 11) is 0. The Morgan fingerprint density at radius 1 is 1.47 bits per heavy atom. The summed E-state index contributed by atoms with van der Waals surface area (Å²) in [6.07, 6.45) is 2.47. The van der Waals surface area contributed by atoms with E-state index < -0.39 is 0 Å². The van der Waals surface area contributed by atoms with Gasteiger partial charge in [0.2, 0.25) is 0 Å². The first-order chi connectivity index (χ1) is 9.17. The molecule has 0 aliphatic heterocycles. The topological polar surface area (TPSA) is 80.7 Å². The van der Waals surface area contributed by atoms with Crippen molar-refractivity contribution in [2.75, 3.05) is 0 Å². The second kappa shape index (κ2) is 5.56. The van der Waals surface area contributed by atoms with Gasteiger partial charge in [0.25, 0.3) is 0 Å². The Kier molecular flexibility index (Phi) is 3.85. The number of aromatic nitrogens is 1. The molecule has 1 atom stereocenters. The van der Waals surface area contributed by atoms with Gasteiger partial charge in [-0.15, -0.1) is 0 Å². The summed E-state index contributed by atoms with van der Waals surface area (Å²) in [6.45, 7) is 4.02. The van der Waals surface area contributed by atoms with Crippen LogP contribution in [0, 0.1) is 0 Å². The van der Waals surface area contributed by atoms with E-state index in [1.807, 2.05) is 38.1 Å². The molecule has 0 aliphatic carbocycles. The molecule has 2 aromatic rings. The fraction of sp³-hybridized carbons (Fsp3) is 0.286. The van der Waals surface area contributed by atoms with Gasteiger partial charge in [0.05, 0.1) is 17.2 Å². The minimum atomic E-state index is -0.00319. The molecule has 1 aromatic carbocycles. The number of fused-ring (bicyclic) bond motifs is 1. The molecule has 1 aromatic heterocycles. The molecular weight excluding hydrogens is 242 g/mol. The van der Waals surface area contributed by atoms with Crippen LogP contribution in [-0.2, 0) is 0 Å². The van der Waals surface area contributed by atoms with Crippen LogP contribution >= 0.6 is 0 Å². The van der Waals surface area contributed by atoms with Gasteiger partial charge in [-0.05, 0) is 25.5 Å². The third-order valence-corrected chi connectivity index (χ3v) is 3.00. The van der Waals surface area contributed by atoms with Crippen LogP contribution in [0.5, 0.6) is 5.75 Å². The average molecular weight is 259 g/mol. The predicted molar refractivity (Wildman–Crippen MR) is 74.6 cm³/mol. The highest BCUT2D eigenvalue weighted by Crippen LogP contribution is 2.29. The normalized spacial score (nSPS) is 13.5. The van der Waals surface area contributed by atoms with Crippen molar-refractivity contribution in [3.8, 4) is 5.75 Å². The number of amidine groups is 1. The van der Waals surface area contributed by atoms with Crippen molar-refractivity contribution in [1.29, 1.82) is 0 Å². The molecule has 3 N–H and O–H groups in total. The number of pyridine rings is 1. The largest absolute Gasteiger partial charge is 0.489 e. The zero-order chi connectivity index (χ0) is 13.8. The Labute approximate surface area is 111 Å². The second-order valence-electron chi connectivity index (χ2n) is 4.34. The van der Waals surface area contributed by atoms with Gasteiger partial charge in [-0.3, -0.25) is 4.98 Å². The van der Waals surface area contributed by atoms with Gasteiger partial charge >= 0.3 is 0 Å². The molecule has 0 bridgehead atoms. The molecule has 1 unspecified atom stereocenters. The highest BCUT2D eigenvalue weighted by molar-refractivity contribution is 6.04. The Bertz CT molecular complexity index is 611. The van der Waals surface area contributed by atoms with Gasteiger partial charge in [0.15, 0.2) is 5.84 Å². The number of para-hydroxylation sites is 1. The molecule has 0 saturated heterocycles. The van der Waals surface area contributed by atoms with Gasteiger partial charge in [0, 0.05) is 11.6 Å². The van der Waals surface area contributed by atoms with Crippen molar-refractivity contribution in [3.05, 3.63) is 36.0 Å². The zero-order valence-electron chi connectivity index (χ0n) is 11.0. The lowest BCUT2D eigenvalue weighted by Crippen LogP contribution is -2.18. The van der Waals surface area contributed by atoms with Crippen molar-refractivity contribution >= 4 is 16.7 Å². The highest BCUT2D eigenvalue weighted by Gasteiger charge is 2.15. The highest BCUT2D eigenvalue weighted by atomic mass is 16.5. The summed E-state index contributed by atoms with van der Waals surface area (Å²) in [6, 6.07) is 7.62. The summed E-state index contributed by atoms with van der Waals surface area (Å²) in [4.78, 5) is 4.29. The molecule has 0 saturated carbocycles. The molecule has 0 fully saturated rings.